The zero-order valence-electron chi connectivity index (χ0n) is 14.7. The number of thiazole rings is 1. The van der Waals surface area contributed by atoms with E-state index < -0.39 is 23.1 Å². The maximum atomic E-state index is 12.5. The first-order valence-electron chi connectivity index (χ1n) is 7.67. The van der Waals surface area contributed by atoms with Crippen molar-refractivity contribution < 1.29 is 22.7 Å². The summed E-state index contributed by atoms with van der Waals surface area (Å²) in [4.78, 5) is 24.5. The third-order valence-electron chi connectivity index (χ3n) is 3.49. The van der Waals surface area contributed by atoms with Gasteiger partial charge in [-0.25, -0.2) is 0 Å². The molecule has 0 bridgehead atoms. The van der Waals surface area contributed by atoms with Gasteiger partial charge in [0.2, 0.25) is 0 Å². The van der Waals surface area contributed by atoms with E-state index in [2.05, 4.69) is 4.74 Å². The largest absolute Gasteiger partial charge is 0.573 e. The topological polar surface area (TPSA) is 48.3 Å². The molecule has 0 spiro atoms. The Morgan fingerprint density at radius 2 is 1.81 bits per heavy atom. The van der Waals surface area contributed by atoms with Gasteiger partial charge in [-0.1, -0.05) is 39.0 Å². The Bertz CT molecular complexity index is 994. The van der Waals surface area contributed by atoms with Gasteiger partial charge in [-0.15, -0.1) is 24.5 Å². The van der Waals surface area contributed by atoms with Gasteiger partial charge in [0.05, 0.1) is 4.53 Å². The van der Waals surface area contributed by atoms with Crippen LogP contribution < -0.4 is 19.5 Å². The van der Waals surface area contributed by atoms with Crippen LogP contribution in [-0.4, -0.2) is 16.7 Å². The van der Waals surface area contributed by atoms with Gasteiger partial charge in [0.15, 0.2) is 5.78 Å². The van der Waals surface area contributed by atoms with E-state index in [1.165, 1.54) is 42.0 Å². The molecule has 2 rings (SSSR count). The minimum Gasteiger partial charge on any atom is -0.405 e. The van der Waals surface area contributed by atoms with Gasteiger partial charge in [-0.2, -0.15) is 0 Å². The van der Waals surface area contributed by atoms with Crippen LogP contribution in [0.2, 0.25) is 0 Å². The number of para-hydroxylation sites is 1. The summed E-state index contributed by atoms with van der Waals surface area (Å²) in [6.45, 7) is 5.28. The van der Waals surface area contributed by atoms with Gasteiger partial charge < -0.3 is 9.30 Å². The SMILES string of the molecule is Cn1c(=O)/c(=C\c2ccccc2OC(F)(F)F)s/c1=C\C(=O)C(C)(C)C. The van der Waals surface area contributed by atoms with Gasteiger partial charge in [0, 0.05) is 24.1 Å². The Hall–Kier alpha value is -2.35. The van der Waals surface area contributed by atoms with Crippen LogP contribution in [0.15, 0.2) is 29.1 Å². The third kappa shape index (κ3) is 4.85. The van der Waals surface area contributed by atoms with E-state index in [0.29, 0.717) is 4.66 Å². The number of carbonyl (C=O) groups excluding carboxylic acids is 1. The number of hydrogen-bond acceptors (Lipinski definition) is 4. The van der Waals surface area contributed by atoms with Crippen molar-refractivity contribution in [2.45, 2.75) is 27.1 Å². The van der Waals surface area contributed by atoms with Crippen LogP contribution in [0.3, 0.4) is 0 Å². The molecule has 0 N–H and O–H groups in total. The predicted octanol–water partition coefficient (Wildman–Crippen LogP) is 2.57. The summed E-state index contributed by atoms with van der Waals surface area (Å²) in [7, 11) is 1.51. The molecule has 1 aromatic heterocycles. The first kappa shape index (κ1) is 20.0. The lowest BCUT2D eigenvalue weighted by molar-refractivity contribution is -0.274. The summed E-state index contributed by atoms with van der Waals surface area (Å²) in [6, 6.07) is 5.55. The van der Waals surface area contributed by atoms with E-state index in [-0.39, 0.29) is 15.9 Å². The molecule has 1 aromatic carbocycles. The summed E-state index contributed by atoms with van der Waals surface area (Å²) < 4.78 is 43.5. The molecule has 0 fully saturated rings. The van der Waals surface area contributed by atoms with Crippen LogP contribution in [0.4, 0.5) is 13.2 Å². The molecule has 4 nitrogen and oxygen atoms in total. The zero-order valence-corrected chi connectivity index (χ0v) is 15.5. The summed E-state index contributed by atoms with van der Waals surface area (Å²) >= 11 is 1.03. The number of alkyl halides is 3. The average molecular weight is 385 g/mol. The quantitative estimate of drug-likeness (QED) is 0.816. The summed E-state index contributed by atoms with van der Waals surface area (Å²) in [5.74, 6) is -0.548. The molecule has 0 saturated carbocycles. The first-order chi connectivity index (χ1) is 11.9. The molecular formula is C18H18F3NO3S. The van der Waals surface area contributed by atoms with Crippen LogP contribution >= 0.6 is 11.3 Å². The second kappa shape index (κ2) is 7.11. The summed E-state index contributed by atoms with van der Waals surface area (Å²) in [6.07, 6.45) is -2.13. The second-order valence-corrected chi connectivity index (χ2v) is 7.72. The fourth-order valence-corrected chi connectivity index (χ4v) is 3.02. The fraction of sp³-hybridized carbons (Fsp3) is 0.333. The minimum atomic E-state index is -4.83. The molecule has 2 aromatic rings. The van der Waals surface area contributed by atoms with Crippen molar-refractivity contribution in [1.82, 2.24) is 4.57 Å². The van der Waals surface area contributed by atoms with Crippen molar-refractivity contribution >= 4 is 29.3 Å². The van der Waals surface area contributed by atoms with E-state index >= 15 is 0 Å². The van der Waals surface area contributed by atoms with Gasteiger partial charge >= 0.3 is 6.36 Å². The van der Waals surface area contributed by atoms with Crippen molar-refractivity contribution in [2.75, 3.05) is 0 Å². The maximum Gasteiger partial charge on any atom is 0.573 e. The number of rotatable bonds is 3. The molecule has 26 heavy (non-hydrogen) atoms. The lowest BCUT2D eigenvalue weighted by Gasteiger charge is -2.12. The van der Waals surface area contributed by atoms with Crippen molar-refractivity contribution in [2.24, 2.45) is 12.5 Å². The third-order valence-corrected chi connectivity index (χ3v) is 4.60. The molecule has 0 amide bonds. The standard InChI is InChI=1S/C18H18F3NO3S/c1-17(2,3)14(23)10-15-22(4)16(24)13(26-15)9-11-7-5-6-8-12(11)25-18(19,20)21/h5-10H,1-4H3/b13-9+,15-10-. The monoisotopic (exact) mass is 385 g/mol. The highest BCUT2D eigenvalue weighted by Gasteiger charge is 2.31. The van der Waals surface area contributed by atoms with Crippen molar-refractivity contribution in [3.63, 3.8) is 0 Å². The van der Waals surface area contributed by atoms with E-state index in [1.54, 1.807) is 26.8 Å². The molecule has 140 valence electrons. The van der Waals surface area contributed by atoms with Crippen LogP contribution in [0.5, 0.6) is 5.75 Å². The van der Waals surface area contributed by atoms with Crippen LogP contribution in [0, 0.1) is 5.41 Å². The number of Topliss-reactive ketones (excluding diaryl/α,β-unsaturated/α-hetero) is 1. The molecule has 8 heteroatoms. The Balaban J connectivity index is 2.59. The van der Waals surface area contributed by atoms with Crippen LogP contribution in [0.25, 0.3) is 12.2 Å². The number of ether oxygens (including phenoxy) is 1. The van der Waals surface area contributed by atoms with Crippen LogP contribution in [0.1, 0.15) is 26.3 Å². The number of aromatic nitrogens is 1. The van der Waals surface area contributed by atoms with Gasteiger partial charge in [0.1, 0.15) is 10.4 Å². The number of carbonyl (C=O) groups is 1. The van der Waals surface area contributed by atoms with Gasteiger partial charge in [-0.05, 0) is 12.1 Å². The van der Waals surface area contributed by atoms with Crippen molar-refractivity contribution in [3.05, 3.63) is 49.4 Å². The summed E-state index contributed by atoms with van der Waals surface area (Å²) in [5, 5.41) is 0. The maximum absolute atomic E-state index is 12.5. The van der Waals surface area contributed by atoms with Gasteiger partial charge in [-0.3, -0.25) is 9.59 Å². The Morgan fingerprint density at radius 3 is 2.38 bits per heavy atom. The Kier molecular flexibility index (Phi) is 5.46. The zero-order chi connectivity index (χ0) is 19.7. The highest BCUT2D eigenvalue weighted by atomic mass is 32.1. The van der Waals surface area contributed by atoms with E-state index in [0.717, 1.165) is 11.3 Å². The van der Waals surface area contributed by atoms with Crippen LogP contribution in [-0.2, 0) is 11.8 Å². The number of ketones is 1. The highest BCUT2D eigenvalue weighted by Crippen LogP contribution is 2.26. The van der Waals surface area contributed by atoms with E-state index in [1.807, 2.05) is 0 Å². The molecule has 0 aliphatic heterocycles. The number of halogens is 3. The smallest absolute Gasteiger partial charge is 0.405 e. The lowest BCUT2D eigenvalue weighted by Crippen LogP contribution is -2.30. The Morgan fingerprint density at radius 1 is 1.19 bits per heavy atom. The van der Waals surface area contributed by atoms with E-state index in [9.17, 15) is 22.8 Å². The molecule has 1 heterocycles. The Labute approximate surface area is 151 Å². The molecular weight excluding hydrogens is 367 g/mol. The van der Waals surface area contributed by atoms with Crippen molar-refractivity contribution in [1.29, 1.82) is 0 Å². The summed E-state index contributed by atoms with van der Waals surface area (Å²) in [5.41, 5.74) is -0.876. The lowest BCUT2D eigenvalue weighted by atomic mass is 9.91. The average Bonchev–Trinajstić information content (AvgIpc) is 2.75. The number of hydrogen-bond donors (Lipinski definition) is 0. The predicted molar refractivity (Wildman–Crippen MR) is 94.4 cm³/mol. The molecule has 0 aliphatic rings. The van der Waals surface area contributed by atoms with Gasteiger partial charge in [0.25, 0.3) is 5.56 Å². The molecule has 0 saturated heterocycles. The number of benzene rings is 1. The first-order valence-corrected chi connectivity index (χ1v) is 8.48. The molecule has 0 radical (unpaired) electrons. The minimum absolute atomic E-state index is 0.123. The molecule has 0 atom stereocenters. The normalized spacial score (nSPS) is 14.0. The van der Waals surface area contributed by atoms with Crippen molar-refractivity contribution in [3.8, 4) is 5.75 Å². The highest BCUT2D eigenvalue weighted by molar-refractivity contribution is 7.07. The van der Waals surface area contributed by atoms with E-state index in [4.69, 9.17) is 0 Å². The molecule has 0 unspecified atom stereocenters. The molecule has 0 aliphatic carbocycles. The number of nitrogens with zero attached hydrogens (tertiary/aromatic N) is 1. The fourth-order valence-electron chi connectivity index (χ4n) is 1.99. The second-order valence-electron chi connectivity index (χ2n) is 6.66.